The first kappa shape index (κ1) is 10.4. The molecule has 0 aliphatic carbocycles. The molecule has 2 N–H and O–H groups in total. The fraction of sp³-hybridized carbons (Fsp3) is 0.444. The minimum atomic E-state index is -3.03. The zero-order valence-corrected chi connectivity index (χ0v) is 8.85. The Hall–Kier alpha value is -1.14. The molecule has 1 aliphatic heterocycles. The van der Waals surface area contributed by atoms with E-state index in [2.05, 4.69) is 4.98 Å². The van der Waals surface area contributed by atoms with Gasteiger partial charge in [-0.15, -0.1) is 0 Å². The molecule has 1 fully saturated rings. The van der Waals surface area contributed by atoms with Crippen LogP contribution in [-0.2, 0) is 9.84 Å². The van der Waals surface area contributed by atoms with Gasteiger partial charge < -0.3 is 10.5 Å². The second-order valence-corrected chi connectivity index (χ2v) is 5.73. The van der Waals surface area contributed by atoms with Gasteiger partial charge in [-0.2, -0.15) is 0 Å². The van der Waals surface area contributed by atoms with E-state index in [1.54, 1.807) is 24.5 Å². The van der Waals surface area contributed by atoms with Crippen LogP contribution in [-0.4, -0.2) is 37.1 Å². The first-order chi connectivity index (χ1) is 7.07. The molecule has 0 saturated carbocycles. The molecule has 0 aromatic carbocycles. The molecule has 5 nitrogen and oxygen atoms in total. The number of nitrogens with zero attached hydrogens (tertiary/aromatic N) is 1. The van der Waals surface area contributed by atoms with Crippen molar-refractivity contribution in [1.29, 1.82) is 0 Å². The van der Waals surface area contributed by atoms with Gasteiger partial charge in [0.05, 0.1) is 17.5 Å². The Balaban J connectivity index is 2.08. The topological polar surface area (TPSA) is 82.3 Å². The van der Waals surface area contributed by atoms with E-state index in [9.17, 15) is 8.42 Å². The Kier molecular flexibility index (Phi) is 2.62. The van der Waals surface area contributed by atoms with Crippen molar-refractivity contribution in [2.75, 3.05) is 11.5 Å². The summed E-state index contributed by atoms with van der Waals surface area (Å²) < 4.78 is 28.0. The number of rotatable bonds is 2. The number of hydrogen-bond acceptors (Lipinski definition) is 5. The van der Waals surface area contributed by atoms with Gasteiger partial charge in [-0.05, 0) is 12.1 Å². The summed E-state index contributed by atoms with van der Waals surface area (Å²) in [6.45, 7) is 0. The van der Waals surface area contributed by atoms with E-state index >= 15 is 0 Å². The molecule has 15 heavy (non-hydrogen) atoms. The number of nitrogens with two attached hydrogens (primary N) is 1. The highest BCUT2D eigenvalue weighted by Crippen LogP contribution is 2.18. The molecule has 0 amide bonds. The highest BCUT2D eigenvalue weighted by atomic mass is 32.2. The molecule has 2 unspecified atom stereocenters. The quantitative estimate of drug-likeness (QED) is 0.743. The van der Waals surface area contributed by atoms with Crippen LogP contribution in [0, 0.1) is 0 Å². The molecular weight excluding hydrogens is 216 g/mol. The van der Waals surface area contributed by atoms with Crippen molar-refractivity contribution in [3.05, 3.63) is 24.5 Å². The molecule has 0 spiro atoms. The monoisotopic (exact) mass is 228 g/mol. The van der Waals surface area contributed by atoms with E-state index in [1.165, 1.54) is 0 Å². The fourth-order valence-corrected chi connectivity index (χ4v) is 3.31. The van der Waals surface area contributed by atoms with Crippen molar-refractivity contribution in [3.8, 4) is 5.75 Å². The van der Waals surface area contributed by atoms with Crippen molar-refractivity contribution >= 4 is 9.84 Å². The molecule has 6 heteroatoms. The normalized spacial score (nSPS) is 28.9. The van der Waals surface area contributed by atoms with Crippen molar-refractivity contribution in [2.24, 2.45) is 5.73 Å². The predicted octanol–water partition coefficient (Wildman–Crippen LogP) is -0.415. The van der Waals surface area contributed by atoms with Crippen molar-refractivity contribution in [3.63, 3.8) is 0 Å². The zero-order chi connectivity index (χ0) is 10.9. The molecule has 2 heterocycles. The minimum absolute atomic E-state index is 0.00273. The first-order valence-corrected chi connectivity index (χ1v) is 6.42. The molecule has 0 radical (unpaired) electrons. The Morgan fingerprint density at radius 3 is 2.53 bits per heavy atom. The maximum Gasteiger partial charge on any atom is 0.155 e. The van der Waals surface area contributed by atoms with Crippen LogP contribution in [0.4, 0.5) is 0 Å². The van der Waals surface area contributed by atoms with Gasteiger partial charge in [0.25, 0.3) is 0 Å². The van der Waals surface area contributed by atoms with Crippen molar-refractivity contribution in [1.82, 2.24) is 4.98 Å². The van der Waals surface area contributed by atoms with Gasteiger partial charge >= 0.3 is 0 Å². The van der Waals surface area contributed by atoms with Gasteiger partial charge in [0.2, 0.25) is 0 Å². The summed E-state index contributed by atoms with van der Waals surface area (Å²) in [5.74, 6) is 0.599. The van der Waals surface area contributed by atoms with Crippen LogP contribution in [0.15, 0.2) is 24.5 Å². The molecule has 1 aromatic rings. The lowest BCUT2D eigenvalue weighted by Gasteiger charge is -2.15. The Morgan fingerprint density at radius 2 is 2.00 bits per heavy atom. The van der Waals surface area contributed by atoms with Crippen molar-refractivity contribution in [2.45, 2.75) is 12.1 Å². The highest BCUT2D eigenvalue weighted by molar-refractivity contribution is 7.91. The van der Waals surface area contributed by atoms with Crippen LogP contribution in [0.1, 0.15) is 0 Å². The minimum Gasteiger partial charge on any atom is -0.488 e. The molecule has 1 saturated heterocycles. The lowest BCUT2D eigenvalue weighted by molar-refractivity contribution is 0.209. The average Bonchev–Trinajstić information content (AvgIpc) is 2.41. The third-order valence-corrected chi connectivity index (χ3v) is 4.01. The number of pyridine rings is 1. The maximum atomic E-state index is 11.3. The van der Waals surface area contributed by atoms with E-state index in [0.29, 0.717) is 5.75 Å². The Labute approximate surface area is 88.2 Å². The van der Waals surface area contributed by atoms with Gasteiger partial charge in [0.15, 0.2) is 9.84 Å². The predicted molar refractivity (Wildman–Crippen MR) is 55.3 cm³/mol. The maximum absolute atomic E-state index is 11.3. The van der Waals surface area contributed by atoms with Crippen molar-refractivity contribution < 1.29 is 13.2 Å². The molecule has 1 aliphatic rings. The average molecular weight is 228 g/mol. The van der Waals surface area contributed by atoms with E-state index < -0.39 is 22.0 Å². The summed E-state index contributed by atoms with van der Waals surface area (Å²) in [5, 5.41) is 0. The number of aromatic nitrogens is 1. The van der Waals surface area contributed by atoms with Crippen LogP contribution in [0.25, 0.3) is 0 Å². The third-order valence-electron chi connectivity index (χ3n) is 2.28. The molecule has 2 atom stereocenters. The number of sulfone groups is 1. The van der Waals surface area contributed by atoms with Gasteiger partial charge in [-0.3, -0.25) is 4.98 Å². The summed E-state index contributed by atoms with van der Waals surface area (Å²) in [7, 11) is -3.03. The van der Waals surface area contributed by atoms with Gasteiger partial charge in [-0.25, -0.2) is 8.42 Å². The summed E-state index contributed by atoms with van der Waals surface area (Å²) >= 11 is 0. The highest BCUT2D eigenvalue weighted by Gasteiger charge is 2.36. The molecule has 82 valence electrons. The van der Waals surface area contributed by atoms with E-state index in [1.807, 2.05) is 0 Å². The van der Waals surface area contributed by atoms with Gasteiger partial charge in [-0.1, -0.05) is 0 Å². The Morgan fingerprint density at radius 1 is 1.33 bits per heavy atom. The van der Waals surface area contributed by atoms with Gasteiger partial charge in [0, 0.05) is 12.4 Å². The van der Waals surface area contributed by atoms with Crippen LogP contribution in [0.5, 0.6) is 5.75 Å². The standard InChI is InChI=1S/C9H12N2O3S/c10-8-5-15(12,13)6-9(8)14-7-1-3-11-4-2-7/h1-4,8-9H,5-6,10H2. The van der Waals surface area contributed by atoms with Gasteiger partial charge in [0.1, 0.15) is 11.9 Å². The lowest BCUT2D eigenvalue weighted by atomic mass is 10.2. The summed E-state index contributed by atoms with van der Waals surface area (Å²) in [5.41, 5.74) is 5.68. The van der Waals surface area contributed by atoms with Crippen LogP contribution in [0.2, 0.25) is 0 Å². The number of hydrogen-bond donors (Lipinski definition) is 1. The second kappa shape index (κ2) is 3.79. The summed E-state index contributed by atoms with van der Waals surface area (Å²) in [6, 6.07) is 2.91. The Bertz CT molecular complexity index is 432. The zero-order valence-electron chi connectivity index (χ0n) is 8.04. The SMILES string of the molecule is NC1CS(=O)(=O)CC1Oc1ccncc1. The third kappa shape index (κ3) is 2.45. The summed E-state index contributed by atoms with van der Waals surface area (Å²) in [4.78, 5) is 3.84. The molecule has 2 rings (SSSR count). The number of ether oxygens (including phenoxy) is 1. The molecular formula is C9H12N2O3S. The second-order valence-electron chi connectivity index (χ2n) is 3.58. The van der Waals surface area contributed by atoms with Crippen LogP contribution in [0.3, 0.4) is 0 Å². The van der Waals surface area contributed by atoms with Crippen LogP contribution >= 0.6 is 0 Å². The summed E-state index contributed by atoms with van der Waals surface area (Å²) in [6.07, 6.45) is 2.73. The van der Waals surface area contributed by atoms with Crippen LogP contribution < -0.4 is 10.5 Å². The molecule has 0 bridgehead atoms. The van der Waals surface area contributed by atoms with E-state index in [-0.39, 0.29) is 11.5 Å². The molecule has 1 aromatic heterocycles. The first-order valence-electron chi connectivity index (χ1n) is 4.59. The smallest absolute Gasteiger partial charge is 0.155 e. The van der Waals surface area contributed by atoms with E-state index in [4.69, 9.17) is 10.5 Å². The lowest BCUT2D eigenvalue weighted by Crippen LogP contribution is -2.37. The fourth-order valence-electron chi connectivity index (χ4n) is 1.56. The largest absolute Gasteiger partial charge is 0.488 e. The van der Waals surface area contributed by atoms with E-state index in [0.717, 1.165) is 0 Å².